The van der Waals surface area contributed by atoms with Crippen LogP contribution in [0.25, 0.3) is 0 Å². The zero-order valence-electron chi connectivity index (χ0n) is 9.77. The number of tetrazole rings is 1. The molecular formula is C9H11N5O2S2. The molecule has 0 aliphatic carbocycles. The predicted molar refractivity (Wildman–Crippen MR) is 65.8 cm³/mol. The number of hydrogen-bond donors (Lipinski definition) is 1. The fourth-order valence-corrected chi connectivity index (χ4v) is 2.74. The summed E-state index contributed by atoms with van der Waals surface area (Å²) in [6, 6.07) is 0.158. The van der Waals surface area contributed by atoms with E-state index in [2.05, 4.69) is 20.4 Å². The molecule has 0 aliphatic heterocycles. The highest BCUT2D eigenvalue weighted by molar-refractivity contribution is 8.00. The highest BCUT2D eigenvalue weighted by atomic mass is 32.2. The van der Waals surface area contributed by atoms with Crippen molar-refractivity contribution in [2.75, 3.05) is 0 Å². The third kappa shape index (κ3) is 3.26. The Bertz CT molecular complexity index is 551. The number of hydrogen-bond acceptors (Lipinski definition) is 7. The molecule has 0 radical (unpaired) electrons. The summed E-state index contributed by atoms with van der Waals surface area (Å²) in [6.45, 7) is 3.93. The van der Waals surface area contributed by atoms with Gasteiger partial charge in [-0.2, -0.15) is 4.80 Å². The predicted octanol–water partition coefficient (Wildman–Crippen LogP) is 1.49. The lowest BCUT2D eigenvalue weighted by molar-refractivity contribution is -0.136. The van der Waals surface area contributed by atoms with Crippen LogP contribution in [0.1, 0.15) is 25.6 Å². The first-order valence-corrected chi connectivity index (χ1v) is 6.88. The maximum atomic E-state index is 10.5. The lowest BCUT2D eigenvalue weighted by Gasteiger charge is -1.98. The zero-order valence-corrected chi connectivity index (χ0v) is 11.4. The number of rotatable bonds is 5. The van der Waals surface area contributed by atoms with Crippen LogP contribution in [-0.2, 0) is 11.2 Å². The first-order valence-electron chi connectivity index (χ1n) is 5.18. The quantitative estimate of drug-likeness (QED) is 0.889. The van der Waals surface area contributed by atoms with Crippen molar-refractivity contribution in [3.8, 4) is 0 Å². The van der Waals surface area contributed by atoms with Crippen molar-refractivity contribution in [3.05, 3.63) is 11.1 Å². The van der Waals surface area contributed by atoms with Crippen LogP contribution >= 0.6 is 23.1 Å². The molecule has 0 bridgehead atoms. The van der Waals surface area contributed by atoms with Gasteiger partial charge in [0.2, 0.25) is 5.16 Å². The maximum Gasteiger partial charge on any atom is 0.309 e. The van der Waals surface area contributed by atoms with E-state index in [1.54, 1.807) is 5.38 Å². The van der Waals surface area contributed by atoms with Gasteiger partial charge in [-0.3, -0.25) is 4.79 Å². The summed E-state index contributed by atoms with van der Waals surface area (Å²) >= 11 is 2.66. The second-order valence-electron chi connectivity index (χ2n) is 3.76. The molecule has 1 N–H and O–H groups in total. The molecule has 2 rings (SSSR count). The molecule has 0 amide bonds. The molecule has 0 aliphatic rings. The monoisotopic (exact) mass is 285 g/mol. The van der Waals surface area contributed by atoms with Gasteiger partial charge in [-0.05, 0) is 30.8 Å². The van der Waals surface area contributed by atoms with Gasteiger partial charge in [-0.1, -0.05) is 0 Å². The average Bonchev–Trinajstić information content (AvgIpc) is 2.88. The Balaban J connectivity index is 2.04. The van der Waals surface area contributed by atoms with E-state index in [4.69, 9.17) is 5.11 Å². The molecule has 7 nitrogen and oxygen atoms in total. The number of carboxylic acids is 1. The Morgan fingerprint density at radius 3 is 3.00 bits per heavy atom. The Labute approximate surface area is 111 Å². The molecule has 0 atom stereocenters. The van der Waals surface area contributed by atoms with Crippen molar-refractivity contribution in [2.45, 2.75) is 35.8 Å². The van der Waals surface area contributed by atoms with Crippen molar-refractivity contribution in [1.29, 1.82) is 0 Å². The molecule has 2 aromatic heterocycles. The lowest BCUT2D eigenvalue weighted by atomic mass is 10.3. The summed E-state index contributed by atoms with van der Waals surface area (Å²) in [4.78, 5) is 16.2. The largest absolute Gasteiger partial charge is 0.481 e. The standard InChI is InChI=1S/C9H11N5O2S2/c1-5(2)14-12-8(11-13-14)18-9-10-6(4-17-9)3-7(15)16/h4-5H,3H2,1-2H3,(H,15,16). The Morgan fingerprint density at radius 2 is 2.39 bits per heavy atom. The number of aromatic nitrogens is 5. The fraction of sp³-hybridized carbons (Fsp3) is 0.444. The van der Waals surface area contributed by atoms with Crippen LogP contribution < -0.4 is 0 Å². The SMILES string of the molecule is CC(C)n1nnc(Sc2nc(CC(=O)O)cs2)n1. The minimum Gasteiger partial charge on any atom is -0.481 e. The Morgan fingerprint density at radius 1 is 1.61 bits per heavy atom. The topological polar surface area (TPSA) is 93.8 Å². The molecule has 0 saturated carbocycles. The number of carbonyl (C=O) groups is 1. The number of nitrogens with zero attached hydrogens (tertiary/aromatic N) is 5. The third-order valence-corrected chi connectivity index (χ3v) is 3.75. The van der Waals surface area contributed by atoms with Gasteiger partial charge < -0.3 is 5.11 Å². The minimum absolute atomic E-state index is 0.0663. The molecule has 0 aromatic carbocycles. The van der Waals surface area contributed by atoms with Crippen LogP contribution in [0.3, 0.4) is 0 Å². The summed E-state index contributed by atoms with van der Waals surface area (Å²) in [6.07, 6.45) is -0.0663. The van der Waals surface area contributed by atoms with Crippen LogP contribution in [0.2, 0.25) is 0 Å². The van der Waals surface area contributed by atoms with E-state index in [1.165, 1.54) is 27.9 Å². The first kappa shape index (κ1) is 13.0. The van der Waals surface area contributed by atoms with Crippen molar-refractivity contribution >= 4 is 29.1 Å². The molecule has 96 valence electrons. The normalized spacial score (nSPS) is 11.1. The van der Waals surface area contributed by atoms with E-state index < -0.39 is 5.97 Å². The summed E-state index contributed by atoms with van der Waals surface area (Å²) in [7, 11) is 0. The van der Waals surface area contributed by atoms with Gasteiger partial charge in [0, 0.05) is 5.38 Å². The van der Waals surface area contributed by atoms with Crippen molar-refractivity contribution < 1.29 is 9.90 Å². The van der Waals surface area contributed by atoms with Gasteiger partial charge in [-0.15, -0.1) is 21.5 Å². The second kappa shape index (κ2) is 5.44. The Hall–Kier alpha value is -1.48. The van der Waals surface area contributed by atoms with Gasteiger partial charge in [0.25, 0.3) is 0 Å². The van der Waals surface area contributed by atoms with Crippen molar-refractivity contribution in [2.24, 2.45) is 0 Å². The molecule has 2 aromatic rings. The van der Waals surface area contributed by atoms with Crippen LogP contribution in [0, 0.1) is 0 Å². The molecule has 0 fully saturated rings. The van der Waals surface area contributed by atoms with Gasteiger partial charge in [0.05, 0.1) is 18.2 Å². The average molecular weight is 285 g/mol. The summed E-state index contributed by atoms with van der Waals surface area (Å²) < 4.78 is 0.717. The summed E-state index contributed by atoms with van der Waals surface area (Å²) in [5.41, 5.74) is 0.547. The molecule has 0 saturated heterocycles. The lowest BCUT2D eigenvalue weighted by Crippen LogP contribution is -2.04. The highest BCUT2D eigenvalue weighted by Crippen LogP contribution is 2.27. The minimum atomic E-state index is -0.888. The third-order valence-electron chi connectivity index (χ3n) is 1.91. The van der Waals surface area contributed by atoms with Gasteiger partial charge in [-0.25, -0.2) is 4.98 Å². The Kier molecular flexibility index (Phi) is 3.92. The fourth-order valence-electron chi connectivity index (χ4n) is 1.12. The second-order valence-corrected chi connectivity index (χ2v) is 5.84. The van der Waals surface area contributed by atoms with E-state index >= 15 is 0 Å². The maximum absolute atomic E-state index is 10.5. The van der Waals surface area contributed by atoms with E-state index in [1.807, 2.05) is 13.8 Å². The van der Waals surface area contributed by atoms with Crippen LogP contribution in [0.4, 0.5) is 0 Å². The highest BCUT2D eigenvalue weighted by Gasteiger charge is 2.11. The van der Waals surface area contributed by atoms with Crippen LogP contribution in [-0.4, -0.2) is 36.3 Å². The zero-order chi connectivity index (χ0) is 13.1. The smallest absolute Gasteiger partial charge is 0.309 e. The molecule has 0 spiro atoms. The van der Waals surface area contributed by atoms with Gasteiger partial charge in [0.1, 0.15) is 0 Å². The van der Waals surface area contributed by atoms with E-state index in [0.29, 0.717) is 10.9 Å². The van der Waals surface area contributed by atoms with Gasteiger partial charge >= 0.3 is 5.97 Å². The van der Waals surface area contributed by atoms with Crippen molar-refractivity contribution in [3.63, 3.8) is 0 Å². The number of carboxylic acid groups (broad SMARTS) is 1. The molecule has 9 heteroatoms. The number of aliphatic carboxylic acids is 1. The summed E-state index contributed by atoms with van der Waals surface area (Å²) in [5.74, 6) is -0.888. The van der Waals surface area contributed by atoms with E-state index in [0.717, 1.165) is 4.34 Å². The number of thiazole rings is 1. The van der Waals surface area contributed by atoms with Gasteiger partial charge in [0.15, 0.2) is 4.34 Å². The van der Waals surface area contributed by atoms with Crippen molar-refractivity contribution in [1.82, 2.24) is 25.2 Å². The van der Waals surface area contributed by atoms with Crippen LogP contribution in [0.15, 0.2) is 14.9 Å². The molecule has 18 heavy (non-hydrogen) atoms. The van der Waals surface area contributed by atoms with E-state index in [-0.39, 0.29) is 12.5 Å². The van der Waals surface area contributed by atoms with Crippen LogP contribution in [0.5, 0.6) is 0 Å². The molecular weight excluding hydrogens is 274 g/mol. The summed E-state index contributed by atoms with van der Waals surface area (Å²) in [5, 5.41) is 22.9. The molecule has 0 unspecified atom stereocenters. The first-order chi connectivity index (χ1) is 8.54. The molecule has 2 heterocycles. The van der Waals surface area contributed by atoms with E-state index in [9.17, 15) is 4.79 Å².